The van der Waals surface area contributed by atoms with Crippen LogP contribution in [0.5, 0.6) is 0 Å². The van der Waals surface area contributed by atoms with E-state index >= 15 is 0 Å². The van der Waals surface area contributed by atoms with Crippen molar-refractivity contribution in [2.24, 2.45) is 4.99 Å². The molecule has 0 bridgehead atoms. The molecule has 2 aromatic heterocycles. The molecule has 0 aliphatic carbocycles. The highest BCUT2D eigenvalue weighted by molar-refractivity contribution is 9.11. The highest BCUT2D eigenvalue weighted by Gasteiger charge is 2.07. The Bertz CT molecular complexity index is 595. The van der Waals surface area contributed by atoms with Gasteiger partial charge >= 0.3 is 0 Å². The summed E-state index contributed by atoms with van der Waals surface area (Å²) in [5.74, 6) is 0.960. The Morgan fingerprint density at radius 1 is 1.35 bits per heavy atom. The quantitative estimate of drug-likeness (QED) is 0.421. The maximum atomic E-state index is 4.72. The summed E-state index contributed by atoms with van der Waals surface area (Å²) in [6.07, 6.45) is 5.62. The monoisotopic (exact) mass is 398 g/mol. The lowest BCUT2D eigenvalue weighted by Gasteiger charge is -2.21. The molecule has 0 aliphatic heterocycles. The minimum Gasteiger partial charge on any atom is -0.357 e. The van der Waals surface area contributed by atoms with Crippen LogP contribution in [0, 0.1) is 0 Å². The molecule has 0 radical (unpaired) electrons. The molecular formula is C15H23BrN6S. The molecular weight excluding hydrogens is 376 g/mol. The van der Waals surface area contributed by atoms with Crippen molar-refractivity contribution in [1.29, 1.82) is 0 Å². The molecule has 126 valence electrons. The Balaban J connectivity index is 1.78. The van der Waals surface area contributed by atoms with Crippen LogP contribution in [-0.4, -0.2) is 45.8 Å². The SMILES string of the molecule is CCNC(=NCCCCn1cnnc1)N(C)Cc1ccc(Br)s1. The maximum Gasteiger partial charge on any atom is 0.193 e. The van der Waals surface area contributed by atoms with Gasteiger partial charge in [0.15, 0.2) is 5.96 Å². The molecule has 6 nitrogen and oxygen atoms in total. The predicted octanol–water partition coefficient (Wildman–Crippen LogP) is 2.98. The van der Waals surface area contributed by atoms with E-state index in [1.165, 1.54) is 4.88 Å². The first-order chi connectivity index (χ1) is 11.2. The van der Waals surface area contributed by atoms with Crippen molar-refractivity contribution >= 4 is 33.2 Å². The van der Waals surface area contributed by atoms with Crippen LogP contribution in [0.15, 0.2) is 33.6 Å². The topological polar surface area (TPSA) is 58.3 Å². The highest BCUT2D eigenvalue weighted by Crippen LogP contribution is 2.22. The van der Waals surface area contributed by atoms with Crippen molar-refractivity contribution in [2.75, 3.05) is 20.1 Å². The Labute approximate surface area is 149 Å². The molecule has 2 rings (SSSR count). The summed E-state index contributed by atoms with van der Waals surface area (Å²) in [5.41, 5.74) is 0. The molecule has 0 amide bonds. The predicted molar refractivity (Wildman–Crippen MR) is 98.7 cm³/mol. The minimum absolute atomic E-state index is 0.822. The van der Waals surface area contributed by atoms with Crippen LogP contribution in [0.3, 0.4) is 0 Å². The molecule has 0 saturated heterocycles. The second kappa shape index (κ2) is 9.67. The third-order valence-electron chi connectivity index (χ3n) is 3.27. The Morgan fingerprint density at radius 3 is 2.78 bits per heavy atom. The molecule has 2 aromatic rings. The second-order valence-corrected chi connectivity index (χ2v) is 7.75. The molecule has 1 N–H and O–H groups in total. The van der Waals surface area contributed by atoms with Gasteiger partial charge in [0, 0.05) is 31.6 Å². The van der Waals surface area contributed by atoms with Gasteiger partial charge in [-0.25, -0.2) is 0 Å². The van der Waals surface area contributed by atoms with E-state index in [2.05, 4.69) is 62.4 Å². The van der Waals surface area contributed by atoms with E-state index in [0.29, 0.717) is 0 Å². The van der Waals surface area contributed by atoms with Gasteiger partial charge in [0.05, 0.1) is 10.3 Å². The summed E-state index contributed by atoms with van der Waals surface area (Å²) in [5, 5.41) is 11.0. The fourth-order valence-electron chi connectivity index (χ4n) is 2.14. The molecule has 0 unspecified atom stereocenters. The fraction of sp³-hybridized carbons (Fsp3) is 0.533. The molecule has 0 saturated carbocycles. The van der Waals surface area contributed by atoms with Gasteiger partial charge < -0.3 is 14.8 Å². The number of nitrogens with one attached hydrogen (secondary N) is 1. The number of halogens is 1. The molecule has 0 spiro atoms. The van der Waals surface area contributed by atoms with Crippen LogP contribution in [-0.2, 0) is 13.1 Å². The first-order valence-electron chi connectivity index (χ1n) is 7.75. The van der Waals surface area contributed by atoms with Crippen LogP contribution < -0.4 is 5.32 Å². The average molecular weight is 399 g/mol. The zero-order valence-corrected chi connectivity index (χ0v) is 16.0. The summed E-state index contributed by atoms with van der Waals surface area (Å²) in [6.45, 7) is 5.60. The summed E-state index contributed by atoms with van der Waals surface area (Å²) in [6, 6.07) is 4.23. The normalized spacial score (nSPS) is 11.7. The Morgan fingerprint density at radius 2 is 2.13 bits per heavy atom. The molecule has 0 atom stereocenters. The summed E-state index contributed by atoms with van der Waals surface area (Å²) >= 11 is 5.27. The van der Waals surface area contributed by atoms with Gasteiger partial charge in [-0.3, -0.25) is 4.99 Å². The van der Waals surface area contributed by atoms with E-state index < -0.39 is 0 Å². The van der Waals surface area contributed by atoms with E-state index in [9.17, 15) is 0 Å². The van der Waals surface area contributed by atoms with Crippen molar-refractivity contribution in [2.45, 2.75) is 32.9 Å². The van der Waals surface area contributed by atoms with Gasteiger partial charge in [0.2, 0.25) is 0 Å². The van der Waals surface area contributed by atoms with Crippen LogP contribution in [0.2, 0.25) is 0 Å². The summed E-state index contributed by atoms with van der Waals surface area (Å²) < 4.78 is 3.16. The third-order valence-corrected chi connectivity index (χ3v) is 4.88. The molecule has 0 aromatic carbocycles. The van der Waals surface area contributed by atoms with E-state index in [1.807, 2.05) is 4.57 Å². The Hall–Kier alpha value is -1.41. The van der Waals surface area contributed by atoms with Crippen LogP contribution in [0.25, 0.3) is 0 Å². The number of nitrogens with zero attached hydrogens (tertiary/aromatic N) is 5. The number of rotatable bonds is 8. The molecule has 23 heavy (non-hydrogen) atoms. The lowest BCUT2D eigenvalue weighted by Crippen LogP contribution is -2.38. The lowest BCUT2D eigenvalue weighted by molar-refractivity contribution is 0.480. The number of aromatic nitrogens is 3. The van der Waals surface area contributed by atoms with E-state index in [1.54, 1.807) is 24.0 Å². The van der Waals surface area contributed by atoms with Crippen molar-refractivity contribution in [3.8, 4) is 0 Å². The van der Waals surface area contributed by atoms with Gasteiger partial charge in [0.1, 0.15) is 12.7 Å². The van der Waals surface area contributed by atoms with E-state index in [-0.39, 0.29) is 0 Å². The fourth-order valence-corrected chi connectivity index (χ4v) is 3.68. The maximum absolute atomic E-state index is 4.72. The van der Waals surface area contributed by atoms with Crippen molar-refractivity contribution in [3.05, 3.63) is 33.5 Å². The molecule has 0 aliphatic rings. The lowest BCUT2D eigenvalue weighted by atomic mass is 10.3. The number of unbranched alkanes of at least 4 members (excludes halogenated alkanes) is 1. The smallest absolute Gasteiger partial charge is 0.193 e. The molecule has 0 fully saturated rings. The van der Waals surface area contributed by atoms with Gasteiger partial charge in [-0.1, -0.05) is 0 Å². The standard InChI is InChI=1S/C15H23BrN6S/c1-3-17-15(21(2)10-13-6-7-14(16)23-13)18-8-4-5-9-22-11-19-20-12-22/h6-7,11-12H,3-5,8-10H2,1-2H3,(H,17,18). The van der Waals surface area contributed by atoms with E-state index in [4.69, 9.17) is 4.99 Å². The van der Waals surface area contributed by atoms with Crippen molar-refractivity contribution < 1.29 is 0 Å². The van der Waals surface area contributed by atoms with Crippen molar-refractivity contribution in [3.63, 3.8) is 0 Å². The second-order valence-electron chi connectivity index (χ2n) is 5.20. The summed E-state index contributed by atoms with van der Waals surface area (Å²) in [4.78, 5) is 8.20. The van der Waals surface area contributed by atoms with Crippen LogP contribution >= 0.6 is 27.3 Å². The largest absolute Gasteiger partial charge is 0.357 e. The van der Waals surface area contributed by atoms with Gasteiger partial charge in [-0.2, -0.15) is 0 Å². The number of hydrogen-bond acceptors (Lipinski definition) is 4. The van der Waals surface area contributed by atoms with Crippen molar-refractivity contribution in [1.82, 2.24) is 25.0 Å². The van der Waals surface area contributed by atoms with Gasteiger partial charge in [-0.15, -0.1) is 21.5 Å². The number of hydrogen-bond donors (Lipinski definition) is 1. The van der Waals surface area contributed by atoms with Crippen LogP contribution in [0.4, 0.5) is 0 Å². The molecule has 2 heterocycles. The number of guanidine groups is 1. The minimum atomic E-state index is 0.822. The van der Waals surface area contributed by atoms with E-state index in [0.717, 1.165) is 48.8 Å². The number of aliphatic imine (C=N–C) groups is 1. The Kier molecular flexibility index (Phi) is 7.54. The third kappa shape index (κ3) is 6.31. The summed E-state index contributed by atoms with van der Waals surface area (Å²) in [7, 11) is 2.08. The average Bonchev–Trinajstić information content (AvgIpc) is 3.17. The van der Waals surface area contributed by atoms with Gasteiger partial charge in [0.25, 0.3) is 0 Å². The number of thiophene rings is 1. The molecule has 8 heteroatoms. The zero-order valence-electron chi connectivity index (χ0n) is 13.6. The number of aryl methyl sites for hydroxylation is 1. The van der Waals surface area contributed by atoms with Gasteiger partial charge in [-0.05, 0) is 47.8 Å². The first kappa shape index (κ1) is 17.9. The highest BCUT2D eigenvalue weighted by atomic mass is 79.9. The zero-order chi connectivity index (χ0) is 16.5. The van der Waals surface area contributed by atoms with Crippen LogP contribution in [0.1, 0.15) is 24.6 Å². The first-order valence-corrected chi connectivity index (χ1v) is 9.36.